The molecule has 0 amide bonds. The molecule has 0 radical (unpaired) electrons. The minimum absolute atomic E-state index is 0.370. The number of hydrogen-bond acceptors (Lipinski definition) is 3. The van der Waals surface area contributed by atoms with Gasteiger partial charge >= 0.3 is 0 Å². The highest BCUT2D eigenvalue weighted by atomic mass is 19.1. The Bertz CT molecular complexity index is 364. The zero-order valence-corrected chi connectivity index (χ0v) is 8.79. The van der Waals surface area contributed by atoms with E-state index in [9.17, 15) is 4.39 Å². The summed E-state index contributed by atoms with van der Waals surface area (Å²) in [5.74, 6) is 0.502. The molecule has 82 valence electrons. The third-order valence-corrected chi connectivity index (χ3v) is 1.91. The zero-order valence-electron chi connectivity index (χ0n) is 8.79. The summed E-state index contributed by atoms with van der Waals surface area (Å²) in [6.07, 6.45) is 3.42. The van der Waals surface area contributed by atoms with Crippen molar-refractivity contribution < 1.29 is 13.9 Å². The van der Waals surface area contributed by atoms with E-state index in [2.05, 4.69) is 0 Å². The fourth-order valence-electron chi connectivity index (χ4n) is 1.28. The molecule has 1 aromatic rings. The van der Waals surface area contributed by atoms with Crippen molar-refractivity contribution in [2.45, 2.75) is 0 Å². The summed E-state index contributed by atoms with van der Waals surface area (Å²) in [5, 5.41) is 0. The molecule has 0 saturated heterocycles. The summed E-state index contributed by atoms with van der Waals surface area (Å²) in [6.45, 7) is 0.391. The second kappa shape index (κ2) is 5.36. The van der Waals surface area contributed by atoms with Gasteiger partial charge in [0.25, 0.3) is 0 Å². The Morgan fingerprint density at radius 1 is 1.33 bits per heavy atom. The van der Waals surface area contributed by atoms with Gasteiger partial charge in [-0.3, -0.25) is 0 Å². The van der Waals surface area contributed by atoms with Crippen LogP contribution in [0.15, 0.2) is 18.2 Å². The highest BCUT2D eigenvalue weighted by Crippen LogP contribution is 2.32. The number of nitrogens with two attached hydrogens (primary N) is 1. The van der Waals surface area contributed by atoms with Gasteiger partial charge in [0, 0.05) is 18.2 Å². The van der Waals surface area contributed by atoms with Crippen molar-refractivity contribution in [3.8, 4) is 11.5 Å². The Kier molecular flexibility index (Phi) is 4.12. The Labute approximate surface area is 88.3 Å². The smallest absolute Gasteiger partial charge is 0.168 e. The predicted octanol–water partition coefficient (Wildman–Crippen LogP) is 1.81. The normalized spacial score (nSPS) is 10.7. The Morgan fingerprint density at radius 2 is 2.07 bits per heavy atom. The first-order valence-electron chi connectivity index (χ1n) is 4.51. The van der Waals surface area contributed by atoms with Crippen molar-refractivity contribution in [2.24, 2.45) is 5.73 Å². The summed E-state index contributed by atoms with van der Waals surface area (Å²) >= 11 is 0. The van der Waals surface area contributed by atoms with E-state index >= 15 is 0 Å². The predicted molar refractivity (Wildman–Crippen MR) is 57.6 cm³/mol. The van der Waals surface area contributed by atoms with E-state index in [1.54, 1.807) is 12.2 Å². The van der Waals surface area contributed by atoms with E-state index in [1.807, 2.05) is 0 Å². The first kappa shape index (κ1) is 11.5. The maximum absolute atomic E-state index is 13.2. The van der Waals surface area contributed by atoms with Gasteiger partial charge in [-0.1, -0.05) is 12.2 Å². The molecule has 0 aliphatic rings. The van der Waals surface area contributed by atoms with E-state index in [0.717, 1.165) is 0 Å². The molecular weight excluding hydrogens is 197 g/mol. The van der Waals surface area contributed by atoms with Crippen molar-refractivity contribution in [3.63, 3.8) is 0 Å². The molecule has 3 nitrogen and oxygen atoms in total. The summed E-state index contributed by atoms with van der Waals surface area (Å²) in [4.78, 5) is 0. The summed E-state index contributed by atoms with van der Waals surface area (Å²) in [5.41, 5.74) is 5.93. The summed E-state index contributed by atoms with van der Waals surface area (Å²) in [7, 11) is 2.98. The summed E-state index contributed by atoms with van der Waals surface area (Å²) < 4.78 is 23.3. The zero-order chi connectivity index (χ0) is 11.3. The van der Waals surface area contributed by atoms with Gasteiger partial charge in [0.1, 0.15) is 5.82 Å². The van der Waals surface area contributed by atoms with Gasteiger partial charge in [0.2, 0.25) is 0 Å². The SMILES string of the molecule is COc1cc(F)cc(/C=C/CN)c1OC. The second-order valence-corrected chi connectivity index (χ2v) is 2.87. The highest BCUT2D eigenvalue weighted by Gasteiger charge is 2.09. The van der Waals surface area contributed by atoms with Crippen LogP contribution in [0.3, 0.4) is 0 Å². The standard InChI is InChI=1S/C11H14FNO2/c1-14-10-7-9(12)6-8(4-3-5-13)11(10)15-2/h3-4,6-7H,5,13H2,1-2H3/b4-3+. The number of benzene rings is 1. The maximum Gasteiger partial charge on any atom is 0.168 e. The molecule has 0 unspecified atom stereocenters. The molecule has 15 heavy (non-hydrogen) atoms. The Balaban J connectivity index is 3.22. The molecule has 0 spiro atoms. The van der Waals surface area contributed by atoms with Crippen LogP contribution >= 0.6 is 0 Å². The maximum atomic E-state index is 13.2. The van der Waals surface area contributed by atoms with Crippen LogP contribution in [-0.4, -0.2) is 20.8 Å². The Morgan fingerprint density at radius 3 is 2.60 bits per heavy atom. The minimum atomic E-state index is -0.371. The lowest BCUT2D eigenvalue weighted by Gasteiger charge is -2.10. The third-order valence-electron chi connectivity index (χ3n) is 1.91. The average Bonchev–Trinajstić information content (AvgIpc) is 2.25. The van der Waals surface area contributed by atoms with E-state index in [4.69, 9.17) is 15.2 Å². The number of hydrogen-bond donors (Lipinski definition) is 1. The number of rotatable bonds is 4. The molecule has 0 aliphatic carbocycles. The van der Waals surface area contributed by atoms with Gasteiger partial charge in [0.05, 0.1) is 14.2 Å². The number of halogens is 1. The van der Waals surface area contributed by atoms with Crippen LogP contribution in [0.1, 0.15) is 5.56 Å². The van der Waals surface area contributed by atoms with Crippen molar-refractivity contribution in [3.05, 3.63) is 29.6 Å². The molecular formula is C11H14FNO2. The van der Waals surface area contributed by atoms with Crippen LogP contribution in [-0.2, 0) is 0 Å². The van der Waals surface area contributed by atoms with Gasteiger partial charge in [-0.05, 0) is 6.07 Å². The van der Waals surface area contributed by atoms with Crippen LogP contribution in [0.2, 0.25) is 0 Å². The van der Waals surface area contributed by atoms with Crippen LogP contribution in [0.4, 0.5) is 4.39 Å². The molecule has 0 aliphatic heterocycles. The van der Waals surface area contributed by atoms with Gasteiger partial charge in [0.15, 0.2) is 11.5 Å². The van der Waals surface area contributed by atoms with Crippen molar-refractivity contribution in [1.29, 1.82) is 0 Å². The molecule has 0 aromatic heterocycles. The molecule has 1 aromatic carbocycles. The van der Waals surface area contributed by atoms with Gasteiger partial charge < -0.3 is 15.2 Å². The van der Waals surface area contributed by atoms with Gasteiger partial charge in [-0.2, -0.15) is 0 Å². The second-order valence-electron chi connectivity index (χ2n) is 2.87. The van der Waals surface area contributed by atoms with Crippen LogP contribution < -0.4 is 15.2 Å². The van der Waals surface area contributed by atoms with Gasteiger partial charge in [-0.15, -0.1) is 0 Å². The molecule has 0 saturated carbocycles. The van der Waals surface area contributed by atoms with Crippen LogP contribution in [0.5, 0.6) is 11.5 Å². The quantitative estimate of drug-likeness (QED) is 0.826. The minimum Gasteiger partial charge on any atom is -0.493 e. The van der Waals surface area contributed by atoms with Crippen molar-refractivity contribution >= 4 is 6.08 Å². The first-order chi connectivity index (χ1) is 7.22. The Hall–Kier alpha value is -1.55. The molecule has 4 heteroatoms. The molecule has 0 bridgehead atoms. The van der Waals surface area contributed by atoms with E-state index in [0.29, 0.717) is 23.6 Å². The fraction of sp³-hybridized carbons (Fsp3) is 0.273. The van der Waals surface area contributed by atoms with E-state index in [-0.39, 0.29) is 5.82 Å². The lowest BCUT2D eigenvalue weighted by molar-refractivity contribution is 0.352. The monoisotopic (exact) mass is 211 g/mol. The molecule has 0 fully saturated rings. The lowest BCUT2D eigenvalue weighted by Crippen LogP contribution is -1.96. The topological polar surface area (TPSA) is 44.5 Å². The lowest BCUT2D eigenvalue weighted by atomic mass is 10.1. The van der Waals surface area contributed by atoms with Gasteiger partial charge in [-0.25, -0.2) is 4.39 Å². The van der Waals surface area contributed by atoms with Crippen LogP contribution in [0, 0.1) is 5.82 Å². The molecule has 0 atom stereocenters. The van der Waals surface area contributed by atoms with Crippen molar-refractivity contribution in [2.75, 3.05) is 20.8 Å². The van der Waals surface area contributed by atoms with Crippen molar-refractivity contribution in [1.82, 2.24) is 0 Å². The average molecular weight is 211 g/mol. The fourth-order valence-corrected chi connectivity index (χ4v) is 1.28. The molecule has 2 N–H and O–H groups in total. The van der Waals surface area contributed by atoms with E-state index in [1.165, 1.54) is 26.4 Å². The molecule has 0 heterocycles. The van der Waals surface area contributed by atoms with E-state index < -0.39 is 0 Å². The highest BCUT2D eigenvalue weighted by molar-refractivity contribution is 5.62. The number of methoxy groups -OCH3 is 2. The molecule has 1 rings (SSSR count). The largest absolute Gasteiger partial charge is 0.493 e. The van der Waals surface area contributed by atoms with Crippen LogP contribution in [0.25, 0.3) is 6.08 Å². The third kappa shape index (κ3) is 2.70. The number of ether oxygens (including phenoxy) is 2. The first-order valence-corrected chi connectivity index (χ1v) is 4.51. The summed E-state index contributed by atoms with van der Waals surface area (Å²) in [6, 6.07) is 2.64.